The van der Waals surface area contributed by atoms with Gasteiger partial charge in [0.15, 0.2) is 11.5 Å². The molecule has 21 heavy (non-hydrogen) atoms. The van der Waals surface area contributed by atoms with E-state index in [1.54, 1.807) is 24.5 Å². The van der Waals surface area contributed by atoms with E-state index < -0.39 is 17.9 Å². The zero-order valence-electron chi connectivity index (χ0n) is 11.1. The van der Waals surface area contributed by atoms with E-state index in [1.807, 2.05) is 0 Å². The Balaban J connectivity index is 1.83. The number of hydrogen-bond donors (Lipinski definition) is 1. The van der Waals surface area contributed by atoms with Gasteiger partial charge in [-0.1, -0.05) is 5.16 Å². The zero-order chi connectivity index (χ0) is 14.8. The fourth-order valence-electron chi connectivity index (χ4n) is 2.44. The molecule has 1 saturated heterocycles. The van der Waals surface area contributed by atoms with Gasteiger partial charge in [0.2, 0.25) is 0 Å². The van der Waals surface area contributed by atoms with Crippen LogP contribution in [0.1, 0.15) is 23.3 Å². The van der Waals surface area contributed by atoms with Crippen LogP contribution in [-0.2, 0) is 4.79 Å². The molecule has 108 valence electrons. The molecule has 0 aliphatic carbocycles. The molecule has 1 fully saturated rings. The third-order valence-corrected chi connectivity index (χ3v) is 3.49. The number of carbonyl (C=O) groups is 2. The SMILES string of the molecule is O=C(O)[C@@H]1CCCN1C(=O)c1cc(-c2ccncc2)on1. The monoisotopic (exact) mass is 287 g/mol. The summed E-state index contributed by atoms with van der Waals surface area (Å²) in [6.07, 6.45) is 4.37. The van der Waals surface area contributed by atoms with Gasteiger partial charge < -0.3 is 14.5 Å². The number of carbonyl (C=O) groups excluding carboxylic acids is 1. The maximum atomic E-state index is 12.3. The normalized spacial score (nSPS) is 17.9. The van der Waals surface area contributed by atoms with E-state index >= 15 is 0 Å². The van der Waals surface area contributed by atoms with Crippen molar-refractivity contribution in [2.45, 2.75) is 18.9 Å². The number of amides is 1. The molecule has 1 aliphatic rings. The molecule has 0 saturated carbocycles. The first kappa shape index (κ1) is 13.3. The van der Waals surface area contributed by atoms with Crippen LogP contribution in [0.15, 0.2) is 35.1 Å². The van der Waals surface area contributed by atoms with Crippen molar-refractivity contribution in [1.82, 2.24) is 15.0 Å². The highest BCUT2D eigenvalue weighted by molar-refractivity contribution is 5.96. The lowest BCUT2D eigenvalue weighted by Gasteiger charge is -2.19. The summed E-state index contributed by atoms with van der Waals surface area (Å²) in [6, 6.07) is 4.23. The van der Waals surface area contributed by atoms with Gasteiger partial charge in [-0.3, -0.25) is 9.78 Å². The number of rotatable bonds is 3. The lowest BCUT2D eigenvalue weighted by Crippen LogP contribution is -2.40. The van der Waals surface area contributed by atoms with Gasteiger partial charge in [-0.2, -0.15) is 0 Å². The van der Waals surface area contributed by atoms with Gasteiger partial charge in [0.1, 0.15) is 6.04 Å². The van der Waals surface area contributed by atoms with Crippen LogP contribution < -0.4 is 0 Å². The quantitative estimate of drug-likeness (QED) is 0.917. The molecule has 1 amide bonds. The fourth-order valence-corrected chi connectivity index (χ4v) is 2.44. The Kier molecular flexibility index (Phi) is 3.39. The maximum absolute atomic E-state index is 12.3. The maximum Gasteiger partial charge on any atom is 0.326 e. The summed E-state index contributed by atoms with van der Waals surface area (Å²) >= 11 is 0. The first-order valence-corrected chi connectivity index (χ1v) is 6.57. The topological polar surface area (TPSA) is 96.5 Å². The van der Waals surface area contributed by atoms with Gasteiger partial charge in [0, 0.05) is 30.6 Å². The minimum absolute atomic E-state index is 0.120. The average Bonchev–Trinajstić information content (AvgIpc) is 3.17. The number of nitrogens with zero attached hydrogens (tertiary/aromatic N) is 3. The van der Waals surface area contributed by atoms with Crippen molar-refractivity contribution in [3.05, 3.63) is 36.3 Å². The number of likely N-dealkylation sites (tertiary alicyclic amines) is 1. The van der Waals surface area contributed by atoms with E-state index in [1.165, 1.54) is 11.0 Å². The lowest BCUT2D eigenvalue weighted by molar-refractivity contribution is -0.141. The Bertz CT molecular complexity index is 668. The van der Waals surface area contributed by atoms with Gasteiger partial charge in [-0.25, -0.2) is 4.79 Å². The molecule has 0 radical (unpaired) electrons. The third-order valence-electron chi connectivity index (χ3n) is 3.49. The fraction of sp³-hybridized carbons (Fsp3) is 0.286. The smallest absolute Gasteiger partial charge is 0.326 e. The number of carboxylic acid groups (broad SMARTS) is 1. The molecule has 0 unspecified atom stereocenters. The van der Waals surface area contributed by atoms with Crippen LogP contribution in [0.3, 0.4) is 0 Å². The second-order valence-corrected chi connectivity index (χ2v) is 4.81. The van der Waals surface area contributed by atoms with E-state index in [-0.39, 0.29) is 5.69 Å². The predicted molar refractivity (Wildman–Crippen MR) is 71.4 cm³/mol. The molecule has 0 spiro atoms. The summed E-state index contributed by atoms with van der Waals surface area (Å²) in [5, 5.41) is 12.9. The van der Waals surface area contributed by atoms with Crippen molar-refractivity contribution in [2.75, 3.05) is 6.54 Å². The molecule has 1 aliphatic heterocycles. The average molecular weight is 287 g/mol. The highest BCUT2D eigenvalue weighted by Crippen LogP contribution is 2.23. The molecule has 2 aromatic heterocycles. The summed E-state index contributed by atoms with van der Waals surface area (Å²) in [5.41, 5.74) is 0.878. The number of pyridine rings is 1. The van der Waals surface area contributed by atoms with E-state index in [0.717, 1.165) is 5.56 Å². The second kappa shape index (κ2) is 5.35. The molecule has 7 nitrogen and oxygen atoms in total. The van der Waals surface area contributed by atoms with Gasteiger partial charge in [0.05, 0.1) is 0 Å². The molecule has 3 rings (SSSR count). The molecule has 0 bridgehead atoms. The number of aliphatic carboxylic acids is 1. The molecule has 1 atom stereocenters. The second-order valence-electron chi connectivity index (χ2n) is 4.81. The predicted octanol–water partition coefficient (Wildman–Crippen LogP) is 1.43. The van der Waals surface area contributed by atoms with Crippen LogP contribution >= 0.6 is 0 Å². The van der Waals surface area contributed by atoms with Gasteiger partial charge >= 0.3 is 5.97 Å². The van der Waals surface area contributed by atoms with Crippen LogP contribution in [0.2, 0.25) is 0 Å². The molecule has 0 aromatic carbocycles. The number of hydrogen-bond acceptors (Lipinski definition) is 5. The van der Waals surface area contributed by atoms with E-state index in [0.29, 0.717) is 25.1 Å². The zero-order valence-corrected chi connectivity index (χ0v) is 11.1. The van der Waals surface area contributed by atoms with Gasteiger partial charge in [-0.05, 0) is 25.0 Å². The third kappa shape index (κ3) is 2.49. The van der Waals surface area contributed by atoms with E-state index in [2.05, 4.69) is 10.1 Å². The molecule has 7 heteroatoms. The van der Waals surface area contributed by atoms with Crippen LogP contribution in [0, 0.1) is 0 Å². The van der Waals surface area contributed by atoms with Crippen LogP contribution in [0.5, 0.6) is 0 Å². The van der Waals surface area contributed by atoms with Gasteiger partial charge in [0.25, 0.3) is 5.91 Å². The van der Waals surface area contributed by atoms with Crippen molar-refractivity contribution < 1.29 is 19.2 Å². The Labute approximate surface area is 120 Å². The molecule has 3 heterocycles. The highest BCUT2D eigenvalue weighted by atomic mass is 16.5. The van der Waals surface area contributed by atoms with Crippen molar-refractivity contribution in [2.24, 2.45) is 0 Å². The van der Waals surface area contributed by atoms with E-state index in [4.69, 9.17) is 9.63 Å². The summed E-state index contributed by atoms with van der Waals surface area (Å²) in [4.78, 5) is 28.7. The van der Waals surface area contributed by atoms with Crippen molar-refractivity contribution in [3.63, 3.8) is 0 Å². The number of aromatic nitrogens is 2. The Morgan fingerprint density at radius 1 is 1.33 bits per heavy atom. The minimum Gasteiger partial charge on any atom is -0.480 e. The standard InChI is InChI=1S/C14H13N3O4/c18-13(17-7-1-2-11(17)14(19)20)10-8-12(21-16-10)9-3-5-15-6-4-9/h3-6,8,11H,1-2,7H2,(H,19,20)/t11-/m0/s1. The molecular weight excluding hydrogens is 274 g/mol. The van der Waals surface area contributed by atoms with Crippen molar-refractivity contribution in [1.29, 1.82) is 0 Å². The summed E-state index contributed by atoms with van der Waals surface area (Å²) in [5.74, 6) is -0.950. The van der Waals surface area contributed by atoms with Crippen LogP contribution in [0.25, 0.3) is 11.3 Å². The first-order chi connectivity index (χ1) is 10.2. The Hall–Kier alpha value is -2.70. The Morgan fingerprint density at radius 2 is 2.10 bits per heavy atom. The minimum atomic E-state index is -0.987. The lowest BCUT2D eigenvalue weighted by atomic mass is 10.2. The van der Waals surface area contributed by atoms with Crippen LogP contribution in [-0.4, -0.2) is 44.6 Å². The molecular formula is C14H13N3O4. The Morgan fingerprint density at radius 3 is 2.81 bits per heavy atom. The van der Waals surface area contributed by atoms with Crippen LogP contribution in [0.4, 0.5) is 0 Å². The highest BCUT2D eigenvalue weighted by Gasteiger charge is 2.35. The van der Waals surface area contributed by atoms with E-state index in [9.17, 15) is 9.59 Å². The molecule has 1 N–H and O–H groups in total. The van der Waals surface area contributed by atoms with Crippen molar-refractivity contribution >= 4 is 11.9 Å². The summed E-state index contributed by atoms with van der Waals surface area (Å²) < 4.78 is 5.15. The van der Waals surface area contributed by atoms with Gasteiger partial charge in [-0.15, -0.1) is 0 Å². The first-order valence-electron chi connectivity index (χ1n) is 6.57. The molecule has 2 aromatic rings. The summed E-state index contributed by atoms with van der Waals surface area (Å²) in [6.45, 7) is 0.424. The summed E-state index contributed by atoms with van der Waals surface area (Å²) in [7, 11) is 0. The van der Waals surface area contributed by atoms with Crippen molar-refractivity contribution in [3.8, 4) is 11.3 Å². The largest absolute Gasteiger partial charge is 0.480 e. The number of carboxylic acids is 1.